The second-order valence-corrected chi connectivity index (χ2v) is 6.54. The number of hydrogen-bond acceptors (Lipinski definition) is 3. The van der Waals surface area contributed by atoms with Crippen LogP contribution in [0.4, 0.5) is 8.78 Å². The van der Waals surface area contributed by atoms with Crippen molar-refractivity contribution in [1.82, 2.24) is 20.0 Å². The van der Waals surface area contributed by atoms with Gasteiger partial charge in [-0.3, -0.25) is 4.68 Å². The van der Waals surface area contributed by atoms with Gasteiger partial charge in [-0.1, -0.05) is 0 Å². The first-order valence-electron chi connectivity index (χ1n) is 9.16. The van der Waals surface area contributed by atoms with E-state index in [2.05, 4.69) is 26.5 Å². The van der Waals surface area contributed by atoms with Gasteiger partial charge in [0.1, 0.15) is 12.4 Å². The third-order valence-electron chi connectivity index (χ3n) is 4.53. The smallest absolute Gasteiger partial charge is 0.194 e. The van der Waals surface area contributed by atoms with Crippen LogP contribution in [-0.4, -0.2) is 53.4 Å². The Kier molecular flexibility index (Phi) is 8.46. The molecule has 0 bridgehead atoms. The van der Waals surface area contributed by atoms with E-state index in [9.17, 15) is 8.78 Å². The Hall–Kier alpha value is -1.91. The summed E-state index contributed by atoms with van der Waals surface area (Å²) in [6.07, 6.45) is 5.04. The average Bonchev–Trinajstić information content (AvgIpc) is 3.29. The van der Waals surface area contributed by atoms with Gasteiger partial charge in [-0.2, -0.15) is 5.10 Å². The zero-order valence-corrected chi connectivity index (χ0v) is 18.4. The molecule has 154 valence electrons. The fourth-order valence-corrected chi connectivity index (χ4v) is 3.18. The van der Waals surface area contributed by atoms with Gasteiger partial charge in [0.2, 0.25) is 0 Å². The monoisotopic (exact) mass is 505 g/mol. The van der Waals surface area contributed by atoms with E-state index in [4.69, 9.17) is 4.74 Å². The first kappa shape index (κ1) is 22.4. The van der Waals surface area contributed by atoms with E-state index in [-0.39, 0.29) is 24.0 Å². The average molecular weight is 505 g/mol. The Morgan fingerprint density at radius 1 is 1.36 bits per heavy atom. The van der Waals surface area contributed by atoms with Crippen molar-refractivity contribution in [2.24, 2.45) is 12.0 Å². The van der Waals surface area contributed by atoms with Gasteiger partial charge >= 0.3 is 0 Å². The van der Waals surface area contributed by atoms with Gasteiger partial charge in [0.15, 0.2) is 17.6 Å². The number of aromatic nitrogens is 2. The highest BCUT2D eigenvalue weighted by atomic mass is 127. The van der Waals surface area contributed by atoms with Crippen LogP contribution in [-0.2, 0) is 7.05 Å². The first-order chi connectivity index (χ1) is 13.1. The molecule has 0 amide bonds. The maximum Gasteiger partial charge on any atom is 0.194 e. The molecule has 2 aromatic rings. The molecule has 9 heteroatoms. The molecule has 1 aliphatic rings. The Bertz CT molecular complexity index is 798. The number of ether oxygens (including phenoxy) is 1. The molecule has 3 rings (SSSR count). The van der Waals surface area contributed by atoms with Crippen LogP contribution < -0.4 is 10.1 Å². The summed E-state index contributed by atoms with van der Waals surface area (Å²) in [5, 5.41) is 7.56. The first-order valence-corrected chi connectivity index (χ1v) is 9.16. The van der Waals surface area contributed by atoms with Crippen molar-refractivity contribution < 1.29 is 13.5 Å². The lowest BCUT2D eigenvalue weighted by Crippen LogP contribution is -2.40. The highest BCUT2D eigenvalue weighted by Gasteiger charge is 2.26. The molecule has 28 heavy (non-hydrogen) atoms. The van der Waals surface area contributed by atoms with Crippen molar-refractivity contribution in [3.63, 3.8) is 0 Å². The molecule has 0 aliphatic carbocycles. The Labute approximate surface area is 181 Å². The van der Waals surface area contributed by atoms with Gasteiger partial charge in [-0.05, 0) is 31.0 Å². The minimum Gasteiger partial charge on any atom is -0.492 e. The summed E-state index contributed by atoms with van der Waals surface area (Å²) in [6.45, 7) is 5.34. The number of aryl methyl sites for hydroxylation is 1. The Morgan fingerprint density at radius 2 is 2.18 bits per heavy atom. The van der Waals surface area contributed by atoms with Gasteiger partial charge in [0.25, 0.3) is 0 Å². The molecule has 0 saturated carbocycles. The molecule has 1 saturated heterocycles. The van der Waals surface area contributed by atoms with E-state index in [1.54, 1.807) is 0 Å². The summed E-state index contributed by atoms with van der Waals surface area (Å²) in [5.41, 5.74) is 1.25. The van der Waals surface area contributed by atoms with Gasteiger partial charge in [0.05, 0.1) is 12.7 Å². The van der Waals surface area contributed by atoms with Crippen LogP contribution in [0.5, 0.6) is 5.75 Å². The summed E-state index contributed by atoms with van der Waals surface area (Å²) in [5.74, 6) is -0.208. The highest BCUT2D eigenvalue weighted by molar-refractivity contribution is 14.0. The molecule has 1 atom stereocenters. The predicted octanol–water partition coefficient (Wildman–Crippen LogP) is 3.15. The number of aliphatic imine (C=N–C) groups is 1. The third kappa shape index (κ3) is 5.79. The van der Waals surface area contributed by atoms with Crippen LogP contribution in [0.25, 0.3) is 0 Å². The number of guanidine groups is 1. The number of hydrogen-bond donors (Lipinski definition) is 1. The van der Waals surface area contributed by atoms with Crippen LogP contribution >= 0.6 is 24.0 Å². The lowest BCUT2D eigenvalue weighted by molar-refractivity contribution is 0.324. The van der Waals surface area contributed by atoms with E-state index in [0.29, 0.717) is 24.8 Å². The fraction of sp³-hybridized carbons (Fsp3) is 0.474. The van der Waals surface area contributed by atoms with Crippen molar-refractivity contribution in [1.29, 1.82) is 0 Å². The highest BCUT2D eigenvalue weighted by Crippen LogP contribution is 2.26. The molecule has 1 unspecified atom stereocenters. The predicted molar refractivity (Wildman–Crippen MR) is 115 cm³/mol. The van der Waals surface area contributed by atoms with Crippen molar-refractivity contribution in [3.05, 3.63) is 47.8 Å². The van der Waals surface area contributed by atoms with Crippen molar-refractivity contribution in [2.45, 2.75) is 19.3 Å². The molecule has 6 nitrogen and oxygen atoms in total. The van der Waals surface area contributed by atoms with Crippen molar-refractivity contribution in [3.8, 4) is 5.75 Å². The normalized spacial score (nSPS) is 16.8. The minimum absolute atomic E-state index is 0. The fourth-order valence-electron chi connectivity index (χ4n) is 3.18. The number of rotatable bonds is 6. The Morgan fingerprint density at radius 3 is 2.86 bits per heavy atom. The maximum absolute atomic E-state index is 13.2. The van der Waals surface area contributed by atoms with Crippen molar-refractivity contribution >= 4 is 29.9 Å². The van der Waals surface area contributed by atoms with E-state index >= 15 is 0 Å². The standard InChI is InChI=1S/C19H25F2N5O.HI/c1-3-22-19(23-7-9-27-16-4-5-17(20)18(21)10-16)26-8-6-14(13-26)15-11-24-25(2)12-15;/h4-5,10-12,14H,3,6-9,13H2,1-2H3,(H,22,23);1H. The molecule has 1 fully saturated rings. The summed E-state index contributed by atoms with van der Waals surface area (Å²) in [6, 6.07) is 3.51. The van der Waals surface area contributed by atoms with Crippen LogP contribution in [0.1, 0.15) is 24.8 Å². The molecular weight excluding hydrogens is 479 g/mol. The molecule has 1 N–H and O–H groups in total. The number of likely N-dealkylation sites (tertiary alicyclic amines) is 1. The summed E-state index contributed by atoms with van der Waals surface area (Å²) >= 11 is 0. The number of nitrogens with zero attached hydrogens (tertiary/aromatic N) is 4. The molecule has 1 aromatic heterocycles. The topological polar surface area (TPSA) is 54.7 Å². The Balaban J connectivity index is 0.00000280. The lowest BCUT2D eigenvalue weighted by Gasteiger charge is -2.21. The van der Waals surface area contributed by atoms with E-state index in [0.717, 1.165) is 44.1 Å². The third-order valence-corrected chi connectivity index (χ3v) is 4.53. The number of benzene rings is 1. The SMILES string of the molecule is CCNC(=NCCOc1ccc(F)c(F)c1)N1CCC(c2cnn(C)c2)C1.I. The quantitative estimate of drug-likeness (QED) is 0.284. The van der Waals surface area contributed by atoms with Crippen LogP contribution in [0.15, 0.2) is 35.6 Å². The molecule has 1 aliphatic heterocycles. The number of halogens is 3. The second kappa shape index (κ2) is 10.6. The van der Waals surface area contributed by atoms with E-state index in [1.807, 2.05) is 24.9 Å². The molecule has 1 aromatic carbocycles. The lowest BCUT2D eigenvalue weighted by atomic mass is 10.0. The molecule has 0 spiro atoms. The van der Waals surface area contributed by atoms with Gasteiger partial charge < -0.3 is 15.0 Å². The zero-order chi connectivity index (χ0) is 19.2. The zero-order valence-electron chi connectivity index (χ0n) is 16.1. The maximum atomic E-state index is 13.2. The van der Waals surface area contributed by atoms with Crippen molar-refractivity contribution in [2.75, 3.05) is 32.8 Å². The molecular formula is C19H26F2IN5O. The van der Waals surface area contributed by atoms with Gasteiger partial charge in [-0.25, -0.2) is 13.8 Å². The van der Waals surface area contributed by atoms with E-state index < -0.39 is 11.6 Å². The van der Waals surface area contributed by atoms with Gasteiger partial charge in [0, 0.05) is 44.9 Å². The van der Waals surface area contributed by atoms with Crippen LogP contribution in [0.3, 0.4) is 0 Å². The summed E-state index contributed by atoms with van der Waals surface area (Å²) in [4.78, 5) is 6.84. The largest absolute Gasteiger partial charge is 0.492 e. The molecule has 2 heterocycles. The minimum atomic E-state index is -0.914. The summed E-state index contributed by atoms with van der Waals surface area (Å²) in [7, 11) is 1.93. The van der Waals surface area contributed by atoms with Gasteiger partial charge in [-0.15, -0.1) is 24.0 Å². The number of nitrogens with one attached hydrogen (secondary N) is 1. The van der Waals surface area contributed by atoms with E-state index in [1.165, 1.54) is 11.6 Å². The second-order valence-electron chi connectivity index (χ2n) is 6.54. The molecule has 0 radical (unpaired) electrons. The summed E-state index contributed by atoms with van der Waals surface area (Å²) < 4.78 is 33.4. The van der Waals surface area contributed by atoms with Crippen LogP contribution in [0, 0.1) is 11.6 Å². The van der Waals surface area contributed by atoms with Crippen LogP contribution in [0.2, 0.25) is 0 Å².